The van der Waals surface area contributed by atoms with Crippen molar-refractivity contribution in [1.82, 2.24) is 30.0 Å². The molecule has 2 fully saturated rings. The van der Waals surface area contributed by atoms with Gasteiger partial charge in [-0.1, -0.05) is 17.7 Å². The van der Waals surface area contributed by atoms with Crippen molar-refractivity contribution in [1.29, 1.82) is 0 Å². The molecule has 3 aromatic rings. The summed E-state index contributed by atoms with van der Waals surface area (Å²) in [4.78, 5) is 14.1. The summed E-state index contributed by atoms with van der Waals surface area (Å²) in [6.45, 7) is 8.73. The van der Waals surface area contributed by atoms with E-state index >= 15 is 4.39 Å². The Hall–Kier alpha value is -2.35. The number of halogens is 2. The zero-order valence-corrected chi connectivity index (χ0v) is 22.3. The predicted molar refractivity (Wildman–Crippen MR) is 141 cm³/mol. The largest absolute Gasteiger partial charge is 0.304 e. The number of nitrogens with zero attached hydrogens (tertiary/aromatic N) is 5. The van der Waals surface area contributed by atoms with E-state index in [-0.39, 0.29) is 5.82 Å². The van der Waals surface area contributed by atoms with Crippen molar-refractivity contribution < 1.29 is 4.39 Å². The highest BCUT2D eigenvalue weighted by molar-refractivity contribution is 6.31. The number of benzene rings is 1. The number of H-pyrrole nitrogens is 1. The van der Waals surface area contributed by atoms with Crippen LogP contribution < -0.4 is 0 Å². The molecule has 36 heavy (non-hydrogen) atoms. The lowest BCUT2D eigenvalue weighted by Gasteiger charge is -2.41. The number of likely N-dealkylation sites (N-methyl/N-ethyl adjacent to an activating group) is 1. The van der Waals surface area contributed by atoms with Crippen LogP contribution in [0.2, 0.25) is 5.02 Å². The number of nitrogens with one attached hydrogen (secondary N) is 1. The van der Waals surface area contributed by atoms with Gasteiger partial charge in [-0.15, -0.1) is 0 Å². The molecule has 0 atom stereocenters. The Labute approximate surface area is 218 Å². The Kier molecular flexibility index (Phi) is 7.70. The number of aromatic amines is 1. The van der Waals surface area contributed by atoms with Crippen molar-refractivity contribution in [2.24, 2.45) is 0 Å². The molecule has 0 spiro atoms. The monoisotopic (exact) mass is 510 g/mol. The van der Waals surface area contributed by atoms with E-state index in [1.165, 1.54) is 31.5 Å². The molecule has 1 saturated heterocycles. The standard InChI is InChI=1S/C28H36ClFN6/c1-18-12-21(14-28-31-17-25(29)27(32-28)15-22-13-19(2)33-34-22)26(30)16-24(18)20-4-6-23(7-5-20)36-10-8-35(3)9-11-36/h12-13,16-17,20,23H,4-11,14-15H2,1-3H3,(H,33,34). The lowest BCUT2D eigenvalue weighted by atomic mass is 9.79. The highest BCUT2D eigenvalue weighted by Gasteiger charge is 2.29. The van der Waals surface area contributed by atoms with Crippen LogP contribution in [0, 0.1) is 19.7 Å². The molecule has 1 aliphatic carbocycles. The second-order valence-electron chi connectivity index (χ2n) is 10.6. The first-order valence-corrected chi connectivity index (χ1v) is 13.5. The summed E-state index contributed by atoms with van der Waals surface area (Å²) in [7, 11) is 2.20. The van der Waals surface area contributed by atoms with Crippen molar-refractivity contribution in [3.63, 3.8) is 0 Å². The Morgan fingerprint density at radius 1 is 1.03 bits per heavy atom. The molecule has 1 aromatic carbocycles. The summed E-state index contributed by atoms with van der Waals surface area (Å²) >= 11 is 6.34. The van der Waals surface area contributed by atoms with Gasteiger partial charge in [-0.2, -0.15) is 5.10 Å². The third-order valence-electron chi connectivity index (χ3n) is 7.95. The fourth-order valence-corrected chi connectivity index (χ4v) is 5.99. The van der Waals surface area contributed by atoms with E-state index in [4.69, 9.17) is 11.6 Å². The summed E-state index contributed by atoms with van der Waals surface area (Å²) in [6, 6.07) is 6.42. The predicted octanol–water partition coefficient (Wildman–Crippen LogP) is 5.06. The molecule has 2 aromatic heterocycles. The zero-order chi connectivity index (χ0) is 25.2. The van der Waals surface area contributed by atoms with Crippen LogP contribution in [-0.2, 0) is 12.8 Å². The molecule has 192 valence electrons. The summed E-state index contributed by atoms with van der Waals surface area (Å²) in [6.07, 6.45) is 7.13. The summed E-state index contributed by atoms with van der Waals surface area (Å²) in [5.41, 5.74) is 5.52. The molecule has 8 heteroatoms. The van der Waals surface area contributed by atoms with Crippen molar-refractivity contribution >= 4 is 11.6 Å². The Bertz CT molecular complexity index is 1190. The fraction of sp³-hybridized carbons (Fsp3) is 0.536. The van der Waals surface area contributed by atoms with Gasteiger partial charge in [0, 0.05) is 57.0 Å². The summed E-state index contributed by atoms with van der Waals surface area (Å²) in [5.74, 6) is 0.841. The molecule has 5 rings (SSSR count). The van der Waals surface area contributed by atoms with Gasteiger partial charge in [0.1, 0.15) is 11.6 Å². The Morgan fingerprint density at radius 3 is 2.47 bits per heavy atom. The second-order valence-corrected chi connectivity index (χ2v) is 11.0. The Balaban J connectivity index is 1.25. The smallest absolute Gasteiger partial charge is 0.133 e. The van der Waals surface area contributed by atoms with Gasteiger partial charge in [0.2, 0.25) is 0 Å². The zero-order valence-electron chi connectivity index (χ0n) is 21.5. The number of rotatable bonds is 6. The molecule has 0 bridgehead atoms. The average molecular weight is 511 g/mol. The van der Waals surface area contributed by atoms with Gasteiger partial charge in [-0.25, -0.2) is 14.4 Å². The van der Waals surface area contributed by atoms with E-state index in [0.29, 0.717) is 46.9 Å². The molecule has 2 aliphatic rings. The maximum absolute atomic E-state index is 15.3. The first-order valence-electron chi connectivity index (χ1n) is 13.1. The number of aryl methyl sites for hydroxylation is 2. The molecule has 6 nitrogen and oxygen atoms in total. The maximum atomic E-state index is 15.3. The highest BCUT2D eigenvalue weighted by Crippen LogP contribution is 2.37. The van der Waals surface area contributed by atoms with Gasteiger partial charge < -0.3 is 4.90 Å². The van der Waals surface area contributed by atoms with Crippen LogP contribution in [0.4, 0.5) is 4.39 Å². The molecule has 0 radical (unpaired) electrons. The van der Waals surface area contributed by atoms with Gasteiger partial charge in [-0.05, 0) is 81.3 Å². The lowest BCUT2D eigenvalue weighted by molar-refractivity contribution is 0.0878. The van der Waals surface area contributed by atoms with Crippen LogP contribution >= 0.6 is 11.6 Å². The van der Waals surface area contributed by atoms with Crippen molar-refractivity contribution in [3.8, 4) is 0 Å². The molecule has 0 unspecified atom stereocenters. The molecule has 1 saturated carbocycles. The van der Waals surface area contributed by atoms with Gasteiger partial charge in [0.05, 0.1) is 16.4 Å². The molecule has 1 aliphatic heterocycles. The average Bonchev–Trinajstić information content (AvgIpc) is 3.28. The van der Waals surface area contributed by atoms with Crippen LogP contribution in [0.1, 0.15) is 71.2 Å². The minimum absolute atomic E-state index is 0.167. The number of hydrogen-bond acceptors (Lipinski definition) is 5. The van der Waals surface area contributed by atoms with Crippen LogP contribution in [0.15, 0.2) is 24.4 Å². The second kappa shape index (κ2) is 11.0. The van der Waals surface area contributed by atoms with Crippen molar-refractivity contribution in [3.05, 3.63) is 74.8 Å². The fourth-order valence-electron chi connectivity index (χ4n) is 5.83. The molecular weight excluding hydrogens is 475 g/mol. The number of piperazine rings is 1. The van der Waals surface area contributed by atoms with E-state index in [2.05, 4.69) is 43.9 Å². The van der Waals surface area contributed by atoms with Gasteiger partial charge in [0.25, 0.3) is 0 Å². The minimum Gasteiger partial charge on any atom is -0.304 e. The van der Waals surface area contributed by atoms with Crippen molar-refractivity contribution in [2.45, 2.75) is 64.3 Å². The van der Waals surface area contributed by atoms with E-state index in [1.807, 2.05) is 19.1 Å². The topological polar surface area (TPSA) is 60.9 Å². The maximum Gasteiger partial charge on any atom is 0.133 e. The van der Waals surface area contributed by atoms with Crippen LogP contribution in [-0.4, -0.2) is 69.2 Å². The lowest BCUT2D eigenvalue weighted by Crippen LogP contribution is -2.49. The Morgan fingerprint density at radius 2 is 1.78 bits per heavy atom. The van der Waals surface area contributed by atoms with Gasteiger partial charge >= 0.3 is 0 Å². The van der Waals surface area contributed by atoms with Crippen LogP contribution in [0.25, 0.3) is 0 Å². The molecule has 0 amide bonds. The highest BCUT2D eigenvalue weighted by atomic mass is 35.5. The van der Waals surface area contributed by atoms with Crippen LogP contribution in [0.5, 0.6) is 0 Å². The third kappa shape index (κ3) is 5.79. The SMILES string of the molecule is Cc1cc(Cc2nc(Cc3cc(C)c(C4CCC(N5CCN(C)CC5)CC4)cc3F)ncc2Cl)n[nH]1. The number of hydrogen-bond donors (Lipinski definition) is 1. The van der Waals surface area contributed by atoms with E-state index in [9.17, 15) is 0 Å². The number of aromatic nitrogens is 4. The molecule has 3 heterocycles. The van der Waals surface area contributed by atoms with E-state index < -0.39 is 0 Å². The van der Waals surface area contributed by atoms with E-state index in [0.717, 1.165) is 42.9 Å². The normalized spacial score (nSPS) is 21.7. The van der Waals surface area contributed by atoms with Gasteiger partial charge in [-0.3, -0.25) is 10.00 Å². The summed E-state index contributed by atoms with van der Waals surface area (Å²) in [5, 5.41) is 7.71. The van der Waals surface area contributed by atoms with Crippen LogP contribution in [0.3, 0.4) is 0 Å². The first kappa shape index (κ1) is 25.3. The van der Waals surface area contributed by atoms with Crippen molar-refractivity contribution in [2.75, 3.05) is 33.2 Å². The third-order valence-corrected chi connectivity index (χ3v) is 8.26. The quantitative estimate of drug-likeness (QED) is 0.502. The first-order chi connectivity index (χ1) is 17.4. The summed E-state index contributed by atoms with van der Waals surface area (Å²) < 4.78 is 15.3. The van der Waals surface area contributed by atoms with E-state index in [1.54, 1.807) is 12.3 Å². The van der Waals surface area contributed by atoms with Gasteiger partial charge in [0.15, 0.2) is 0 Å². The molecule has 1 N–H and O–H groups in total. The molecular formula is C28H36ClFN6. The minimum atomic E-state index is -0.167.